The topological polar surface area (TPSA) is 53.3 Å². The van der Waals surface area contributed by atoms with E-state index < -0.39 is 0 Å². The molecule has 0 atom stereocenters. The summed E-state index contributed by atoms with van der Waals surface area (Å²) in [6.07, 6.45) is 1.98. The lowest BCUT2D eigenvalue weighted by atomic mass is 10.3. The molecule has 0 spiro atoms. The highest BCUT2D eigenvalue weighted by Crippen LogP contribution is 2.16. The molecule has 1 aromatic carbocycles. The van der Waals surface area contributed by atoms with Crippen LogP contribution in [0.3, 0.4) is 0 Å². The first-order valence-corrected chi connectivity index (χ1v) is 4.10. The van der Waals surface area contributed by atoms with Crippen LogP contribution >= 0.6 is 0 Å². The summed E-state index contributed by atoms with van der Waals surface area (Å²) in [7, 11) is 0. The van der Waals surface area contributed by atoms with Crippen molar-refractivity contribution in [2.24, 2.45) is 0 Å². The molecule has 0 radical (unpaired) electrons. The fourth-order valence-corrected chi connectivity index (χ4v) is 1.18. The Morgan fingerprint density at radius 2 is 1.92 bits per heavy atom. The van der Waals surface area contributed by atoms with Crippen molar-refractivity contribution in [3.05, 3.63) is 36.2 Å². The molecule has 1 heterocycles. The first-order valence-electron chi connectivity index (χ1n) is 4.10. The van der Waals surface area contributed by atoms with Crippen LogP contribution in [-0.2, 0) is 0 Å². The maximum atomic E-state index is 5.58. The van der Waals surface area contributed by atoms with Gasteiger partial charge < -0.3 is 11.2 Å². The van der Waals surface area contributed by atoms with E-state index in [9.17, 15) is 0 Å². The predicted molar refractivity (Wildman–Crippen MR) is 53.4 cm³/mol. The SMILES string of the molecule is CC1=CN(c2ccc(N)cc2)NN1. The summed E-state index contributed by atoms with van der Waals surface area (Å²) in [5, 5.41) is 1.90. The van der Waals surface area contributed by atoms with Crippen molar-refractivity contribution in [3.8, 4) is 0 Å². The van der Waals surface area contributed by atoms with Crippen LogP contribution in [0.1, 0.15) is 6.92 Å². The number of benzene rings is 1. The third-order valence-corrected chi connectivity index (χ3v) is 1.87. The van der Waals surface area contributed by atoms with Crippen LogP contribution in [0.2, 0.25) is 0 Å². The molecule has 4 nitrogen and oxygen atoms in total. The molecular weight excluding hydrogens is 164 g/mol. The average Bonchev–Trinajstić information content (AvgIpc) is 2.53. The van der Waals surface area contributed by atoms with Crippen LogP contribution in [0.15, 0.2) is 36.2 Å². The molecule has 4 N–H and O–H groups in total. The van der Waals surface area contributed by atoms with E-state index in [2.05, 4.69) is 11.0 Å². The lowest BCUT2D eigenvalue weighted by molar-refractivity contribution is 0.660. The van der Waals surface area contributed by atoms with E-state index in [0.717, 1.165) is 17.1 Å². The zero-order valence-electron chi connectivity index (χ0n) is 7.41. The monoisotopic (exact) mass is 176 g/mol. The van der Waals surface area contributed by atoms with Gasteiger partial charge in [0.25, 0.3) is 0 Å². The fraction of sp³-hybridized carbons (Fsp3) is 0.111. The van der Waals surface area contributed by atoms with E-state index in [0.29, 0.717) is 0 Å². The third-order valence-electron chi connectivity index (χ3n) is 1.87. The number of nitrogens with zero attached hydrogens (tertiary/aromatic N) is 1. The molecule has 1 aliphatic heterocycles. The van der Waals surface area contributed by atoms with E-state index in [4.69, 9.17) is 5.73 Å². The lowest BCUT2D eigenvalue weighted by Gasteiger charge is -2.14. The number of rotatable bonds is 1. The van der Waals surface area contributed by atoms with Crippen LogP contribution in [0.5, 0.6) is 0 Å². The van der Waals surface area contributed by atoms with Crippen molar-refractivity contribution in [3.63, 3.8) is 0 Å². The van der Waals surface area contributed by atoms with Gasteiger partial charge in [0, 0.05) is 17.6 Å². The van der Waals surface area contributed by atoms with Gasteiger partial charge in [-0.25, -0.2) is 0 Å². The maximum absolute atomic E-state index is 5.58. The standard InChI is InChI=1S/C9H12N4/c1-7-6-13(12-11-7)9-4-2-8(10)3-5-9/h2-6,11-12H,10H2,1H3. The largest absolute Gasteiger partial charge is 0.399 e. The highest BCUT2D eigenvalue weighted by atomic mass is 15.7. The molecule has 2 rings (SSSR count). The van der Waals surface area contributed by atoms with E-state index >= 15 is 0 Å². The Labute approximate surface area is 77.0 Å². The van der Waals surface area contributed by atoms with Gasteiger partial charge in [0.2, 0.25) is 0 Å². The molecule has 0 aliphatic carbocycles. The fourth-order valence-electron chi connectivity index (χ4n) is 1.18. The summed E-state index contributed by atoms with van der Waals surface area (Å²) >= 11 is 0. The number of allylic oxidation sites excluding steroid dienone is 1. The second kappa shape index (κ2) is 2.99. The minimum atomic E-state index is 0.775. The Kier molecular flexibility index (Phi) is 1.83. The van der Waals surface area contributed by atoms with Crippen molar-refractivity contribution in [2.45, 2.75) is 6.92 Å². The van der Waals surface area contributed by atoms with Crippen molar-refractivity contribution in [2.75, 3.05) is 10.7 Å². The minimum absolute atomic E-state index is 0.775. The average molecular weight is 176 g/mol. The van der Waals surface area contributed by atoms with E-state index in [1.807, 2.05) is 42.4 Å². The summed E-state index contributed by atoms with van der Waals surface area (Å²) in [5.74, 6) is 0. The molecule has 1 aromatic rings. The van der Waals surface area contributed by atoms with E-state index in [1.165, 1.54) is 0 Å². The Morgan fingerprint density at radius 3 is 2.46 bits per heavy atom. The number of nitrogens with one attached hydrogen (secondary N) is 2. The molecule has 1 aliphatic rings. The molecule has 4 heteroatoms. The summed E-state index contributed by atoms with van der Waals surface area (Å²) in [4.78, 5) is 0. The van der Waals surface area contributed by atoms with Crippen LogP contribution in [0.25, 0.3) is 0 Å². The zero-order chi connectivity index (χ0) is 9.26. The summed E-state index contributed by atoms with van der Waals surface area (Å²) in [5.41, 5.74) is 14.5. The third kappa shape index (κ3) is 1.57. The Balaban J connectivity index is 2.22. The first kappa shape index (κ1) is 7.94. The van der Waals surface area contributed by atoms with Crippen molar-refractivity contribution < 1.29 is 0 Å². The van der Waals surface area contributed by atoms with Crippen LogP contribution in [0.4, 0.5) is 11.4 Å². The number of nitrogens with two attached hydrogens (primary N) is 1. The Hall–Kier alpha value is -1.68. The Bertz CT molecular complexity index is 328. The summed E-state index contributed by atoms with van der Waals surface area (Å²) in [6.45, 7) is 1.99. The summed E-state index contributed by atoms with van der Waals surface area (Å²) in [6, 6.07) is 7.66. The van der Waals surface area contributed by atoms with Gasteiger partial charge in [-0.2, -0.15) is 0 Å². The van der Waals surface area contributed by atoms with E-state index in [-0.39, 0.29) is 0 Å². The molecule has 0 fully saturated rings. The van der Waals surface area contributed by atoms with Gasteiger partial charge in [0.1, 0.15) is 0 Å². The van der Waals surface area contributed by atoms with Crippen LogP contribution in [-0.4, -0.2) is 0 Å². The van der Waals surface area contributed by atoms with Gasteiger partial charge in [-0.3, -0.25) is 5.01 Å². The lowest BCUT2D eigenvalue weighted by Crippen LogP contribution is -2.36. The van der Waals surface area contributed by atoms with E-state index in [1.54, 1.807) is 0 Å². The van der Waals surface area contributed by atoms with Gasteiger partial charge in [0.15, 0.2) is 0 Å². The van der Waals surface area contributed by atoms with Gasteiger partial charge >= 0.3 is 0 Å². The number of hydrogen-bond donors (Lipinski definition) is 3. The molecule has 13 heavy (non-hydrogen) atoms. The molecule has 0 bridgehead atoms. The normalized spacial score (nSPS) is 15.5. The van der Waals surface area contributed by atoms with Crippen molar-refractivity contribution in [1.29, 1.82) is 0 Å². The molecule has 0 amide bonds. The zero-order valence-corrected chi connectivity index (χ0v) is 7.41. The number of hydrazine groups is 2. The maximum Gasteiger partial charge on any atom is 0.0591 e. The smallest absolute Gasteiger partial charge is 0.0591 e. The van der Waals surface area contributed by atoms with Gasteiger partial charge in [-0.1, -0.05) is 0 Å². The molecule has 0 saturated carbocycles. The van der Waals surface area contributed by atoms with Crippen molar-refractivity contribution >= 4 is 11.4 Å². The number of nitrogen functional groups attached to an aromatic ring is 1. The molecule has 0 aromatic heterocycles. The van der Waals surface area contributed by atoms with Gasteiger partial charge in [-0.15, -0.1) is 5.53 Å². The van der Waals surface area contributed by atoms with Gasteiger partial charge in [0.05, 0.1) is 5.69 Å². The minimum Gasteiger partial charge on any atom is -0.399 e. The molecule has 0 saturated heterocycles. The van der Waals surface area contributed by atoms with Crippen molar-refractivity contribution in [1.82, 2.24) is 11.0 Å². The highest BCUT2D eigenvalue weighted by Gasteiger charge is 2.08. The van der Waals surface area contributed by atoms with Gasteiger partial charge in [-0.05, 0) is 31.2 Å². The molecule has 0 unspecified atom stereocenters. The number of anilines is 2. The number of hydrogen-bond acceptors (Lipinski definition) is 4. The Morgan fingerprint density at radius 1 is 1.23 bits per heavy atom. The second-order valence-electron chi connectivity index (χ2n) is 3.01. The quantitative estimate of drug-likeness (QED) is 0.558. The van der Waals surface area contributed by atoms with Crippen LogP contribution in [0, 0.1) is 0 Å². The predicted octanol–water partition coefficient (Wildman–Crippen LogP) is 0.959. The highest BCUT2D eigenvalue weighted by molar-refractivity contribution is 5.54. The van der Waals surface area contributed by atoms with Crippen LogP contribution < -0.4 is 21.7 Å². The molecule has 68 valence electrons. The summed E-state index contributed by atoms with van der Waals surface area (Å²) < 4.78 is 0. The first-order chi connectivity index (χ1) is 6.25. The second-order valence-corrected chi connectivity index (χ2v) is 3.01. The molecular formula is C9H12N4.